The average Bonchev–Trinajstić information content (AvgIpc) is 2.09. The van der Waals surface area contributed by atoms with Crippen molar-refractivity contribution in [3.8, 4) is 0 Å². The number of pyridine rings is 1. The number of hydrogen-bond donors (Lipinski definition) is 0. The molecule has 0 atom stereocenters. The number of aromatic nitrogens is 1. The molecule has 0 spiro atoms. The van der Waals surface area contributed by atoms with Crippen LogP contribution in [-0.2, 0) is 0 Å². The van der Waals surface area contributed by atoms with Crippen LogP contribution in [0.4, 0.5) is 0 Å². The fourth-order valence-corrected chi connectivity index (χ4v) is 1.46. The predicted octanol–water partition coefficient (Wildman–Crippen LogP) is 3.18. The van der Waals surface area contributed by atoms with Crippen molar-refractivity contribution in [2.45, 2.75) is 13.8 Å². The number of aryl methyl sites for hydroxylation is 2. The van der Waals surface area contributed by atoms with Crippen molar-refractivity contribution in [2.75, 3.05) is 5.33 Å². The minimum atomic E-state index is 0.841. The number of rotatable bonds is 2. The Labute approximate surface area is 95.7 Å². The molecule has 0 radical (unpaired) electrons. The van der Waals surface area contributed by atoms with E-state index in [2.05, 4.69) is 74.8 Å². The van der Waals surface area contributed by atoms with Crippen LogP contribution in [0.1, 0.15) is 11.3 Å². The topological polar surface area (TPSA) is 3.88 Å². The molecule has 13 heavy (non-hydrogen) atoms. The third-order valence-electron chi connectivity index (χ3n) is 1.75. The molecule has 0 aliphatic carbocycles. The van der Waals surface area contributed by atoms with Gasteiger partial charge in [0.25, 0.3) is 0 Å². The standard InChI is InChI=1S/C10H12Br2N/c1-8-3-4-13(9(2)5-8)7-10(12)6-11/h3-5,7H,6H2,1-2H3/q+1. The number of allylic oxidation sites excluding steroid dienone is 1. The van der Waals surface area contributed by atoms with Crippen molar-refractivity contribution >= 4 is 38.1 Å². The zero-order chi connectivity index (χ0) is 9.84. The minimum Gasteiger partial charge on any atom is -0.170 e. The van der Waals surface area contributed by atoms with E-state index in [-0.39, 0.29) is 0 Å². The predicted molar refractivity (Wildman–Crippen MR) is 63.1 cm³/mol. The molecule has 3 heteroatoms. The third kappa shape index (κ3) is 3.24. The Morgan fingerprint density at radius 3 is 2.77 bits per heavy atom. The lowest BCUT2D eigenvalue weighted by Crippen LogP contribution is -2.29. The Kier molecular flexibility index (Phi) is 4.13. The molecule has 1 aromatic rings. The maximum Gasteiger partial charge on any atom is 0.185 e. The van der Waals surface area contributed by atoms with Crippen LogP contribution in [0.3, 0.4) is 0 Å². The lowest BCUT2D eigenvalue weighted by Gasteiger charge is -1.95. The van der Waals surface area contributed by atoms with Gasteiger partial charge in [-0.15, -0.1) is 0 Å². The first kappa shape index (κ1) is 10.9. The van der Waals surface area contributed by atoms with Gasteiger partial charge in [-0.3, -0.25) is 0 Å². The summed E-state index contributed by atoms with van der Waals surface area (Å²) in [6.07, 6.45) is 4.12. The van der Waals surface area contributed by atoms with E-state index in [0.717, 1.165) is 9.81 Å². The smallest absolute Gasteiger partial charge is 0.170 e. The molecular weight excluding hydrogens is 294 g/mol. The molecule has 0 unspecified atom stereocenters. The average molecular weight is 306 g/mol. The normalized spacial score (nSPS) is 11.8. The van der Waals surface area contributed by atoms with Crippen molar-refractivity contribution in [1.82, 2.24) is 0 Å². The van der Waals surface area contributed by atoms with Gasteiger partial charge in [0.2, 0.25) is 0 Å². The van der Waals surface area contributed by atoms with Gasteiger partial charge in [0.15, 0.2) is 18.1 Å². The van der Waals surface area contributed by atoms with Crippen molar-refractivity contribution in [3.05, 3.63) is 34.1 Å². The van der Waals surface area contributed by atoms with Crippen LogP contribution in [0.15, 0.2) is 22.8 Å². The second-order valence-electron chi connectivity index (χ2n) is 2.96. The second-order valence-corrected chi connectivity index (χ2v) is 4.54. The van der Waals surface area contributed by atoms with Crippen molar-refractivity contribution < 1.29 is 4.57 Å². The maximum absolute atomic E-state index is 3.46. The molecule has 0 aromatic carbocycles. The summed E-state index contributed by atoms with van der Waals surface area (Å²) in [4.78, 5) is 0. The Bertz CT molecular complexity index is 332. The zero-order valence-electron chi connectivity index (χ0n) is 7.72. The lowest BCUT2D eigenvalue weighted by atomic mass is 10.2. The molecule has 0 N–H and O–H groups in total. The summed E-state index contributed by atoms with van der Waals surface area (Å²) < 4.78 is 3.22. The van der Waals surface area contributed by atoms with E-state index in [1.54, 1.807) is 0 Å². The summed E-state index contributed by atoms with van der Waals surface area (Å²) in [5, 5.41) is 0.841. The molecule has 1 aromatic heterocycles. The van der Waals surface area contributed by atoms with Gasteiger partial charge in [0, 0.05) is 24.4 Å². The second kappa shape index (κ2) is 4.91. The van der Waals surface area contributed by atoms with E-state index in [9.17, 15) is 0 Å². The maximum atomic E-state index is 3.46. The van der Waals surface area contributed by atoms with Crippen LogP contribution in [0, 0.1) is 13.8 Å². The highest BCUT2D eigenvalue weighted by atomic mass is 79.9. The fourth-order valence-electron chi connectivity index (χ4n) is 1.10. The van der Waals surface area contributed by atoms with E-state index in [1.807, 2.05) is 0 Å². The molecule has 0 aliphatic heterocycles. The Morgan fingerprint density at radius 1 is 1.54 bits per heavy atom. The van der Waals surface area contributed by atoms with E-state index in [1.165, 1.54) is 11.3 Å². The van der Waals surface area contributed by atoms with Gasteiger partial charge in [-0.2, -0.15) is 4.57 Å². The molecule has 0 amide bonds. The lowest BCUT2D eigenvalue weighted by molar-refractivity contribution is -0.575. The molecule has 1 rings (SSSR count). The fraction of sp³-hybridized carbons (Fsp3) is 0.300. The van der Waals surface area contributed by atoms with Crippen LogP contribution in [0.5, 0.6) is 0 Å². The van der Waals surface area contributed by atoms with Crippen LogP contribution < -0.4 is 4.57 Å². The largest absolute Gasteiger partial charge is 0.185 e. The highest BCUT2D eigenvalue weighted by Gasteiger charge is 2.03. The summed E-state index contributed by atoms with van der Waals surface area (Å²) in [5.41, 5.74) is 2.52. The van der Waals surface area contributed by atoms with Gasteiger partial charge < -0.3 is 0 Å². The van der Waals surface area contributed by atoms with E-state index in [0.29, 0.717) is 0 Å². The van der Waals surface area contributed by atoms with Gasteiger partial charge in [-0.05, 0) is 28.4 Å². The van der Waals surface area contributed by atoms with Crippen LogP contribution in [0.25, 0.3) is 6.20 Å². The number of halogens is 2. The first-order valence-corrected chi connectivity index (χ1v) is 5.95. The van der Waals surface area contributed by atoms with Gasteiger partial charge in [0.1, 0.15) is 0 Å². The molecule has 1 nitrogen and oxygen atoms in total. The van der Waals surface area contributed by atoms with E-state index < -0.39 is 0 Å². The Morgan fingerprint density at radius 2 is 2.23 bits per heavy atom. The van der Waals surface area contributed by atoms with E-state index >= 15 is 0 Å². The molecule has 0 bridgehead atoms. The van der Waals surface area contributed by atoms with Gasteiger partial charge in [-0.1, -0.05) is 15.9 Å². The first-order chi connectivity index (χ1) is 6.13. The molecule has 0 fully saturated rings. The monoisotopic (exact) mass is 304 g/mol. The number of alkyl halides is 1. The molecule has 70 valence electrons. The SMILES string of the molecule is Cc1cc[n+](C=C(Br)CBr)c(C)c1. The van der Waals surface area contributed by atoms with Crippen LogP contribution >= 0.6 is 31.9 Å². The first-order valence-electron chi connectivity index (χ1n) is 4.04. The van der Waals surface area contributed by atoms with Crippen molar-refractivity contribution in [1.29, 1.82) is 0 Å². The summed E-state index contributed by atoms with van der Waals surface area (Å²) >= 11 is 6.84. The van der Waals surface area contributed by atoms with Gasteiger partial charge in [-0.25, -0.2) is 0 Å². The summed E-state index contributed by atoms with van der Waals surface area (Å²) in [7, 11) is 0. The molecular formula is C10H12Br2N+. The third-order valence-corrected chi connectivity index (χ3v) is 3.59. The highest BCUT2D eigenvalue weighted by Crippen LogP contribution is 2.07. The summed E-state index contributed by atoms with van der Waals surface area (Å²) in [6, 6.07) is 4.25. The summed E-state index contributed by atoms with van der Waals surface area (Å²) in [6.45, 7) is 4.19. The molecule has 0 saturated heterocycles. The highest BCUT2D eigenvalue weighted by molar-refractivity contribution is 9.13. The molecule has 1 heterocycles. The molecule has 0 saturated carbocycles. The van der Waals surface area contributed by atoms with E-state index in [4.69, 9.17) is 0 Å². The number of nitrogens with zero attached hydrogens (tertiary/aromatic N) is 1. The zero-order valence-corrected chi connectivity index (χ0v) is 10.9. The van der Waals surface area contributed by atoms with Gasteiger partial charge >= 0.3 is 0 Å². The van der Waals surface area contributed by atoms with Crippen molar-refractivity contribution in [3.63, 3.8) is 0 Å². The number of hydrogen-bond acceptors (Lipinski definition) is 0. The molecule has 0 aliphatic rings. The minimum absolute atomic E-state index is 0.841. The Hall–Kier alpha value is -0.150. The summed E-state index contributed by atoms with van der Waals surface area (Å²) in [5.74, 6) is 0. The van der Waals surface area contributed by atoms with Crippen LogP contribution in [0.2, 0.25) is 0 Å². The van der Waals surface area contributed by atoms with Crippen molar-refractivity contribution in [2.24, 2.45) is 0 Å². The Balaban J connectivity index is 3.03. The van der Waals surface area contributed by atoms with Gasteiger partial charge in [0.05, 0.1) is 4.48 Å². The van der Waals surface area contributed by atoms with Crippen LogP contribution in [-0.4, -0.2) is 5.33 Å². The quantitative estimate of drug-likeness (QED) is 0.584.